The van der Waals surface area contributed by atoms with Gasteiger partial charge in [0.05, 0.1) is 24.1 Å². The van der Waals surface area contributed by atoms with Crippen molar-refractivity contribution in [2.24, 2.45) is 5.41 Å². The third kappa shape index (κ3) is 4.46. The molecule has 6 rings (SSSR count). The van der Waals surface area contributed by atoms with Crippen LogP contribution in [0.4, 0.5) is 26.0 Å². The lowest BCUT2D eigenvalue weighted by atomic mass is 9.93. The van der Waals surface area contributed by atoms with Crippen molar-refractivity contribution in [3.8, 4) is 16.8 Å². The van der Waals surface area contributed by atoms with Crippen molar-refractivity contribution in [2.75, 3.05) is 41.7 Å². The molecule has 2 N–H and O–H groups in total. The summed E-state index contributed by atoms with van der Waals surface area (Å²) in [6.45, 7) is 4.29. The summed E-state index contributed by atoms with van der Waals surface area (Å²) < 4.78 is 29.9. The van der Waals surface area contributed by atoms with Gasteiger partial charge in [0.25, 0.3) is 5.92 Å². The molecule has 0 radical (unpaired) electrons. The average molecular weight is 479 g/mol. The van der Waals surface area contributed by atoms with E-state index in [0.29, 0.717) is 24.2 Å². The monoisotopic (exact) mass is 478 g/mol. The van der Waals surface area contributed by atoms with Gasteiger partial charge < -0.3 is 15.5 Å². The number of piperidine rings is 2. The van der Waals surface area contributed by atoms with Gasteiger partial charge in [-0.15, -0.1) is 0 Å². The van der Waals surface area contributed by atoms with Crippen LogP contribution in [-0.2, 0) is 0 Å². The molecule has 1 spiro atoms. The van der Waals surface area contributed by atoms with Gasteiger partial charge in [0, 0.05) is 49.2 Å². The first kappa shape index (κ1) is 22.3. The largest absolute Gasteiger partial charge is 0.399 e. The van der Waals surface area contributed by atoms with E-state index >= 15 is 0 Å². The first-order valence-electron chi connectivity index (χ1n) is 12.6. The lowest BCUT2D eigenvalue weighted by Crippen LogP contribution is -2.43. The molecule has 2 saturated heterocycles. The van der Waals surface area contributed by atoms with E-state index in [4.69, 9.17) is 5.73 Å². The van der Waals surface area contributed by atoms with Gasteiger partial charge in [-0.05, 0) is 80.3 Å². The van der Waals surface area contributed by atoms with E-state index in [1.165, 1.54) is 25.7 Å². The van der Waals surface area contributed by atoms with Crippen LogP contribution in [0.1, 0.15) is 44.2 Å². The molecule has 0 unspecified atom stereocenters. The van der Waals surface area contributed by atoms with Crippen molar-refractivity contribution in [1.29, 1.82) is 0 Å². The Bertz CT molecular complexity index is 1240. The molecule has 3 aromatic rings. The van der Waals surface area contributed by atoms with Crippen LogP contribution in [-0.4, -0.2) is 46.9 Å². The van der Waals surface area contributed by atoms with E-state index in [9.17, 15) is 8.78 Å². The zero-order valence-electron chi connectivity index (χ0n) is 20.2. The predicted molar refractivity (Wildman–Crippen MR) is 135 cm³/mol. The minimum atomic E-state index is -2.67. The number of nitrogen functional groups attached to an aromatic ring is 1. The fourth-order valence-corrected chi connectivity index (χ4v) is 5.63. The molecule has 1 aliphatic carbocycles. The van der Waals surface area contributed by atoms with Crippen LogP contribution in [0, 0.1) is 12.3 Å². The molecule has 0 atom stereocenters. The zero-order chi connectivity index (χ0) is 24.2. The summed E-state index contributed by atoms with van der Waals surface area (Å²) in [7, 11) is 0. The van der Waals surface area contributed by atoms with Crippen molar-refractivity contribution in [1.82, 2.24) is 14.8 Å². The Labute approximate surface area is 204 Å². The van der Waals surface area contributed by atoms with Crippen LogP contribution in [0.5, 0.6) is 0 Å². The maximum Gasteiger partial charge on any atom is 0.265 e. The first-order valence-corrected chi connectivity index (χ1v) is 12.6. The van der Waals surface area contributed by atoms with Crippen molar-refractivity contribution < 1.29 is 8.78 Å². The van der Waals surface area contributed by atoms with Crippen molar-refractivity contribution in [3.05, 3.63) is 48.4 Å². The maximum atomic E-state index is 14.0. The minimum absolute atomic E-state index is 0.0587. The number of nitrogens with two attached hydrogens (primary N) is 1. The summed E-state index contributed by atoms with van der Waals surface area (Å²) >= 11 is 0. The molecule has 2 aliphatic heterocycles. The standard InChI is InChI=1S/C27H32F2N6/c1-19-13-20(14-25(32-19)34-10-2-5-27(28,29)18-34)21-16-31-35(17-21)23-4-3-22(30)15-24(23)33-11-8-26(6-7-26)9-12-33/h3-4,13-17H,2,5-12,18,30H2,1H3. The Morgan fingerprint density at radius 3 is 2.43 bits per heavy atom. The Hall–Kier alpha value is -3.16. The molecule has 184 valence electrons. The summed E-state index contributed by atoms with van der Waals surface area (Å²) in [6.07, 6.45) is 9.46. The number of hydrogen-bond donors (Lipinski definition) is 1. The van der Waals surface area contributed by atoms with Crippen LogP contribution >= 0.6 is 0 Å². The number of halogens is 2. The molecule has 0 bridgehead atoms. The number of rotatable bonds is 4. The number of nitrogens with zero attached hydrogens (tertiary/aromatic N) is 5. The second kappa shape index (κ2) is 8.21. The molecule has 3 aliphatic rings. The number of benzene rings is 1. The maximum absolute atomic E-state index is 14.0. The topological polar surface area (TPSA) is 63.2 Å². The Balaban J connectivity index is 1.30. The van der Waals surface area contributed by atoms with Crippen LogP contribution < -0.4 is 15.5 Å². The van der Waals surface area contributed by atoms with Gasteiger partial charge in [0.1, 0.15) is 5.82 Å². The molecular formula is C27H32F2N6. The van der Waals surface area contributed by atoms with E-state index in [-0.39, 0.29) is 13.0 Å². The van der Waals surface area contributed by atoms with Crippen molar-refractivity contribution in [3.63, 3.8) is 0 Å². The Kier molecular flexibility index (Phi) is 5.23. The highest BCUT2D eigenvalue weighted by Gasteiger charge is 2.44. The summed E-state index contributed by atoms with van der Waals surface area (Å²) in [4.78, 5) is 8.69. The minimum Gasteiger partial charge on any atom is -0.399 e. The molecule has 8 heteroatoms. The lowest BCUT2D eigenvalue weighted by molar-refractivity contribution is -0.0118. The fourth-order valence-electron chi connectivity index (χ4n) is 5.63. The Morgan fingerprint density at radius 1 is 0.886 bits per heavy atom. The highest BCUT2D eigenvalue weighted by Crippen LogP contribution is 2.54. The van der Waals surface area contributed by atoms with E-state index in [1.807, 2.05) is 54.3 Å². The molecular weight excluding hydrogens is 446 g/mol. The molecule has 2 aromatic heterocycles. The lowest BCUT2D eigenvalue weighted by Gasteiger charge is -2.35. The van der Waals surface area contributed by atoms with E-state index in [0.717, 1.165) is 47.0 Å². The van der Waals surface area contributed by atoms with E-state index in [1.54, 1.807) is 4.90 Å². The van der Waals surface area contributed by atoms with Gasteiger partial charge in [-0.2, -0.15) is 5.10 Å². The molecule has 3 fully saturated rings. The third-order valence-electron chi connectivity index (χ3n) is 7.94. The third-order valence-corrected chi connectivity index (χ3v) is 7.94. The molecule has 1 saturated carbocycles. The number of anilines is 3. The van der Waals surface area contributed by atoms with Crippen LogP contribution in [0.15, 0.2) is 42.7 Å². The van der Waals surface area contributed by atoms with Crippen molar-refractivity contribution >= 4 is 17.2 Å². The highest BCUT2D eigenvalue weighted by atomic mass is 19.3. The van der Waals surface area contributed by atoms with Crippen LogP contribution in [0.25, 0.3) is 16.8 Å². The number of aryl methyl sites for hydroxylation is 1. The molecule has 4 heterocycles. The molecule has 35 heavy (non-hydrogen) atoms. The second-order valence-corrected chi connectivity index (χ2v) is 10.6. The fraction of sp³-hybridized carbons (Fsp3) is 0.481. The number of pyridine rings is 1. The summed E-state index contributed by atoms with van der Waals surface area (Å²) in [6, 6.07) is 9.88. The second-order valence-electron chi connectivity index (χ2n) is 10.6. The molecule has 6 nitrogen and oxygen atoms in total. The summed E-state index contributed by atoms with van der Waals surface area (Å²) in [5, 5.41) is 4.68. The SMILES string of the molecule is Cc1cc(-c2cnn(-c3ccc(N)cc3N3CCC4(CC3)CC4)c2)cc(N2CCCC(F)(F)C2)n1. The van der Waals surface area contributed by atoms with Gasteiger partial charge in [0.15, 0.2) is 0 Å². The number of aromatic nitrogens is 3. The average Bonchev–Trinajstić information content (AvgIpc) is 3.39. The van der Waals surface area contributed by atoms with Gasteiger partial charge in [0.2, 0.25) is 0 Å². The van der Waals surface area contributed by atoms with Gasteiger partial charge in [-0.25, -0.2) is 18.4 Å². The van der Waals surface area contributed by atoms with Crippen molar-refractivity contribution in [2.45, 2.75) is 51.4 Å². The normalized spacial score (nSPS) is 20.9. The highest BCUT2D eigenvalue weighted by molar-refractivity contribution is 5.71. The molecule has 0 amide bonds. The van der Waals surface area contributed by atoms with Gasteiger partial charge in [-0.1, -0.05) is 0 Å². The van der Waals surface area contributed by atoms with E-state index in [2.05, 4.69) is 15.0 Å². The smallest absolute Gasteiger partial charge is 0.265 e. The zero-order valence-corrected chi connectivity index (χ0v) is 20.2. The molecule has 1 aromatic carbocycles. The first-order chi connectivity index (χ1) is 16.8. The van der Waals surface area contributed by atoms with E-state index < -0.39 is 5.92 Å². The summed E-state index contributed by atoms with van der Waals surface area (Å²) in [5.41, 5.74) is 12.3. The van der Waals surface area contributed by atoms with Crippen LogP contribution in [0.2, 0.25) is 0 Å². The summed E-state index contributed by atoms with van der Waals surface area (Å²) in [5.74, 6) is -2.07. The Morgan fingerprint density at radius 2 is 1.69 bits per heavy atom. The quantitative estimate of drug-likeness (QED) is 0.506. The predicted octanol–water partition coefficient (Wildman–Crippen LogP) is 5.44. The van der Waals surface area contributed by atoms with Gasteiger partial charge in [-0.3, -0.25) is 0 Å². The van der Waals surface area contributed by atoms with Crippen LogP contribution in [0.3, 0.4) is 0 Å². The van der Waals surface area contributed by atoms with Gasteiger partial charge >= 0.3 is 0 Å². The number of hydrogen-bond acceptors (Lipinski definition) is 5. The number of alkyl halides is 2.